The van der Waals surface area contributed by atoms with Gasteiger partial charge in [0.25, 0.3) is 0 Å². The van der Waals surface area contributed by atoms with Crippen molar-refractivity contribution < 1.29 is 9.15 Å². The Bertz CT molecular complexity index is 467. The Hall–Kier alpha value is -1.53. The summed E-state index contributed by atoms with van der Waals surface area (Å²) in [5.41, 5.74) is 0. The van der Waals surface area contributed by atoms with E-state index in [0.29, 0.717) is 18.5 Å². The molecule has 6 nitrogen and oxygen atoms in total. The van der Waals surface area contributed by atoms with E-state index >= 15 is 0 Å². The SMILES string of the molecule is CCNC(=NCc1ccco1)NCC(CC(C)C)N1CCOCC1. The monoisotopic (exact) mass is 336 g/mol. The van der Waals surface area contributed by atoms with Crippen LogP contribution in [0.2, 0.25) is 0 Å². The molecular weight excluding hydrogens is 304 g/mol. The lowest BCUT2D eigenvalue weighted by molar-refractivity contribution is 0.0132. The molecular formula is C18H32N4O2. The molecule has 0 saturated carbocycles. The van der Waals surface area contributed by atoms with Crippen molar-refractivity contribution in [2.24, 2.45) is 10.9 Å². The molecule has 0 radical (unpaired) electrons. The van der Waals surface area contributed by atoms with E-state index in [0.717, 1.165) is 51.1 Å². The third kappa shape index (κ3) is 6.53. The van der Waals surface area contributed by atoms with Gasteiger partial charge >= 0.3 is 0 Å². The lowest BCUT2D eigenvalue weighted by Crippen LogP contribution is -2.51. The van der Waals surface area contributed by atoms with E-state index in [2.05, 4.69) is 41.3 Å². The summed E-state index contributed by atoms with van der Waals surface area (Å²) in [7, 11) is 0. The van der Waals surface area contributed by atoms with Crippen LogP contribution in [0, 0.1) is 5.92 Å². The molecule has 0 spiro atoms. The van der Waals surface area contributed by atoms with Gasteiger partial charge in [-0.25, -0.2) is 4.99 Å². The molecule has 0 bridgehead atoms. The fourth-order valence-corrected chi connectivity index (χ4v) is 2.96. The fourth-order valence-electron chi connectivity index (χ4n) is 2.96. The average Bonchev–Trinajstić information content (AvgIpc) is 3.10. The first kappa shape index (κ1) is 18.8. The Morgan fingerprint density at radius 3 is 2.71 bits per heavy atom. The number of nitrogens with one attached hydrogen (secondary N) is 2. The van der Waals surface area contributed by atoms with E-state index in [-0.39, 0.29) is 0 Å². The molecule has 1 aromatic rings. The number of ether oxygens (including phenoxy) is 1. The fraction of sp³-hybridized carbons (Fsp3) is 0.722. The number of aliphatic imine (C=N–C) groups is 1. The molecule has 1 aliphatic heterocycles. The van der Waals surface area contributed by atoms with Gasteiger partial charge in [0, 0.05) is 32.2 Å². The molecule has 0 amide bonds. The highest BCUT2D eigenvalue weighted by molar-refractivity contribution is 5.79. The van der Waals surface area contributed by atoms with E-state index in [1.54, 1.807) is 6.26 Å². The first-order valence-corrected chi connectivity index (χ1v) is 9.05. The number of furan rings is 1. The Morgan fingerprint density at radius 2 is 2.08 bits per heavy atom. The van der Waals surface area contributed by atoms with Crippen molar-refractivity contribution in [2.45, 2.75) is 39.8 Å². The predicted octanol–water partition coefficient (Wildman–Crippen LogP) is 2.08. The zero-order valence-electron chi connectivity index (χ0n) is 15.3. The molecule has 2 N–H and O–H groups in total. The van der Waals surface area contributed by atoms with Crippen LogP contribution in [0.5, 0.6) is 0 Å². The van der Waals surface area contributed by atoms with Crippen molar-refractivity contribution in [3.63, 3.8) is 0 Å². The van der Waals surface area contributed by atoms with Crippen LogP contribution >= 0.6 is 0 Å². The van der Waals surface area contributed by atoms with Crippen molar-refractivity contribution in [3.05, 3.63) is 24.2 Å². The number of hydrogen-bond acceptors (Lipinski definition) is 4. The zero-order chi connectivity index (χ0) is 17.2. The van der Waals surface area contributed by atoms with Gasteiger partial charge in [-0.05, 0) is 31.4 Å². The molecule has 24 heavy (non-hydrogen) atoms. The lowest BCUT2D eigenvalue weighted by Gasteiger charge is -2.35. The van der Waals surface area contributed by atoms with Crippen LogP contribution in [-0.4, -0.2) is 56.3 Å². The second-order valence-corrected chi connectivity index (χ2v) is 6.59. The second-order valence-electron chi connectivity index (χ2n) is 6.59. The molecule has 2 heterocycles. The van der Waals surface area contributed by atoms with Crippen molar-refractivity contribution in [2.75, 3.05) is 39.4 Å². The number of hydrogen-bond donors (Lipinski definition) is 2. The number of nitrogens with zero attached hydrogens (tertiary/aromatic N) is 2. The van der Waals surface area contributed by atoms with Crippen LogP contribution < -0.4 is 10.6 Å². The summed E-state index contributed by atoms with van der Waals surface area (Å²) in [4.78, 5) is 7.14. The average molecular weight is 336 g/mol. The van der Waals surface area contributed by atoms with Gasteiger partial charge in [0.05, 0.1) is 19.5 Å². The summed E-state index contributed by atoms with van der Waals surface area (Å²) in [5, 5.41) is 6.81. The minimum Gasteiger partial charge on any atom is -0.467 e. The summed E-state index contributed by atoms with van der Waals surface area (Å²) < 4.78 is 10.8. The summed E-state index contributed by atoms with van der Waals surface area (Å²) >= 11 is 0. The summed E-state index contributed by atoms with van der Waals surface area (Å²) in [6.07, 6.45) is 2.85. The van der Waals surface area contributed by atoms with Gasteiger partial charge in [-0.15, -0.1) is 0 Å². The van der Waals surface area contributed by atoms with Crippen LogP contribution in [0.3, 0.4) is 0 Å². The minimum absolute atomic E-state index is 0.501. The number of morpholine rings is 1. The molecule has 0 aliphatic carbocycles. The van der Waals surface area contributed by atoms with Gasteiger partial charge in [-0.3, -0.25) is 4.90 Å². The highest BCUT2D eigenvalue weighted by atomic mass is 16.5. The van der Waals surface area contributed by atoms with Gasteiger partial charge in [0.15, 0.2) is 5.96 Å². The molecule has 6 heteroatoms. The highest BCUT2D eigenvalue weighted by Gasteiger charge is 2.22. The summed E-state index contributed by atoms with van der Waals surface area (Å²) in [6.45, 7) is 12.6. The molecule has 1 unspecified atom stereocenters. The van der Waals surface area contributed by atoms with Gasteiger partial charge in [0.2, 0.25) is 0 Å². The van der Waals surface area contributed by atoms with Crippen LogP contribution in [0.15, 0.2) is 27.8 Å². The maximum atomic E-state index is 5.49. The quantitative estimate of drug-likeness (QED) is 0.562. The molecule has 1 aliphatic rings. The number of rotatable bonds is 8. The maximum Gasteiger partial charge on any atom is 0.191 e. The molecule has 136 valence electrons. The predicted molar refractivity (Wildman–Crippen MR) is 97.2 cm³/mol. The van der Waals surface area contributed by atoms with Crippen LogP contribution in [0.1, 0.15) is 33.0 Å². The minimum atomic E-state index is 0.501. The van der Waals surface area contributed by atoms with E-state index in [4.69, 9.17) is 9.15 Å². The van der Waals surface area contributed by atoms with Crippen LogP contribution in [0.4, 0.5) is 0 Å². The van der Waals surface area contributed by atoms with Gasteiger partial charge in [-0.1, -0.05) is 13.8 Å². The molecule has 1 atom stereocenters. The number of guanidine groups is 1. The van der Waals surface area contributed by atoms with E-state index < -0.39 is 0 Å². The van der Waals surface area contributed by atoms with Gasteiger partial charge in [-0.2, -0.15) is 0 Å². The van der Waals surface area contributed by atoms with Gasteiger partial charge < -0.3 is 19.8 Å². The zero-order valence-corrected chi connectivity index (χ0v) is 15.3. The van der Waals surface area contributed by atoms with Gasteiger partial charge in [0.1, 0.15) is 12.3 Å². The standard InChI is InChI=1S/C18H32N4O2/c1-4-19-18(21-14-17-6-5-9-24-17)20-13-16(12-15(2)3)22-7-10-23-11-8-22/h5-6,9,15-16H,4,7-8,10-14H2,1-3H3,(H2,19,20,21). The normalized spacial score (nSPS) is 17.9. The smallest absolute Gasteiger partial charge is 0.191 e. The van der Waals surface area contributed by atoms with Crippen LogP contribution in [0.25, 0.3) is 0 Å². The van der Waals surface area contributed by atoms with E-state index in [1.165, 1.54) is 6.42 Å². The van der Waals surface area contributed by atoms with E-state index in [1.807, 2.05) is 12.1 Å². The molecule has 1 aromatic heterocycles. The highest BCUT2D eigenvalue weighted by Crippen LogP contribution is 2.13. The van der Waals surface area contributed by atoms with Crippen LogP contribution in [-0.2, 0) is 11.3 Å². The maximum absolute atomic E-state index is 5.49. The summed E-state index contributed by atoms with van der Waals surface area (Å²) in [5.74, 6) is 2.39. The van der Waals surface area contributed by atoms with Crippen molar-refractivity contribution in [1.29, 1.82) is 0 Å². The summed E-state index contributed by atoms with van der Waals surface area (Å²) in [6, 6.07) is 4.34. The Kier molecular flexibility index (Phi) is 8.12. The van der Waals surface area contributed by atoms with Crippen molar-refractivity contribution in [1.82, 2.24) is 15.5 Å². The molecule has 0 aromatic carbocycles. The second kappa shape index (κ2) is 10.4. The Morgan fingerprint density at radius 1 is 1.29 bits per heavy atom. The molecule has 2 rings (SSSR count). The topological polar surface area (TPSA) is 62.0 Å². The Balaban J connectivity index is 1.91. The molecule has 1 saturated heterocycles. The lowest BCUT2D eigenvalue weighted by atomic mass is 10.0. The first-order chi connectivity index (χ1) is 11.7. The molecule has 1 fully saturated rings. The van der Waals surface area contributed by atoms with Crippen molar-refractivity contribution in [3.8, 4) is 0 Å². The largest absolute Gasteiger partial charge is 0.467 e. The third-order valence-electron chi connectivity index (χ3n) is 4.13. The van der Waals surface area contributed by atoms with E-state index in [9.17, 15) is 0 Å². The Labute approximate surface area is 145 Å². The third-order valence-corrected chi connectivity index (χ3v) is 4.13. The van der Waals surface area contributed by atoms with Crippen molar-refractivity contribution >= 4 is 5.96 Å². The first-order valence-electron chi connectivity index (χ1n) is 9.05.